The van der Waals surface area contributed by atoms with Crippen molar-refractivity contribution in [3.05, 3.63) is 0 Å². The molecule has 13 heavy (non-hydrogen) atoms. The van der Waals surface area contributed by atoms with E-state index in [9.17, 15) is 19.8 Å². The molecule has 0 heterocycles. The van der Waals surface area contributed by atoms with E-state index in [4.69, 9.17) is 5.11 Å². The quantitative estimate of drug-likeness (QED) is 0.379. The first-order chi connectivity index (χ1) is 4.99. The maximum atomic E-state index is 10.2. The van der Waals surface area contributed by atoms with Crippen LogP contribution in [-0.2, 0) is 9.59 Å². The maximum absolute atomic E-state index is 10.2. The molecule has 0 amide bonds. The van der Waals surface area contributed by atoms with Crippen LogP contribution >= 0.6 is 0 Å². The molecule has 1 saturated carbocycles. The molecule has 0 spiro atoms. The topological polar surface area (TPSA) is 100 Å². The Morgan fingerprint density at radius 2 is 1.46 bits per heavy atom. The van der Waals surface area contributed by atoms with Crippen LogP contribution in [0.3, 0.4) is 0 Å². The van der Waals surface area contributed by atoms with Crippen molar-refractivity contribution in [2.75, 3.05) is 0 Å². The number of hydrogen-bond acceptors (Lipinski definition) is 5. The molecule has 1 N–H and O–H groups in total. The van der Waals surface area contributed by atoms with E-state index in [0.717, 1.165) is 0 Å². The molecule has 0 atom stereocenters. The van der Waals surface area contributed by atoms with Gasteiger partial charge in [-0.2, -0.15) is 0 Å². The molecule has 0 unspecified atom stereocenters. The number of carboxylic acids is 2. The minimum Gasteiger partial charge on any atom is -0.549 e. The van der Waals surface area contributed by atoms with Gasteiger partial charge in [-0.05, 0) is 12.8 Å². The molecule has 7 heteroatoms. The molecule has 0 saturated heterocycles. The minimum atomic E-state index is -1.95. The summed E-state index contributed by atoms with van der Waals surface area (Å²) in [5, 5.41) is 29.2. The number of carbonyl (C=O) groups is 2. The normalized spacial score (nSPS) is 18.8. The Bertz CT molecular complexity index is 195. The second kappa shape index (κ2) is 6.69. The molecule has 1 aliphatic rings. The number of hydrogen-bond donors (Lipinski definition) is 1. The van der Waals surface area contributed by atoms with Crippen molar-refractivity contribution in [3.63, 3.8) is 0 Å². The van der Waals surface area contributed by atoms with Crippen molar-refractivity contribution in [1.29, 1.82) is 0 Å². The third-order valence-electron chi connectivity index (χ3n) is 1.95. The smallest absolute Gasteiger partial charge is 0.549 e. The summed E-state index contributed by atoms with van der Waals surface area (Å²) < 4.78 is 0. The van der Waals surface area contributed by atoms with E-state index in [0.29, 0.717) is 0 Å². The zero-order valence-corrected chi connectivity index (χ0v) is 13.8. The SMILES string of the molecule is O=C([O-])C1(C(=O)[O-])CC(O)C1.[K+].[K+]. The molecular formula is C6H6K2O5. The van der Waals surface area contributed by atoms with Crippen LogP contribution in [0.1, 0.15) is 12.8 Å². The van der Waals surface area contributed by atoms with Gasteiger partial charge < -0.3 is 24.9 Å². The van der Waals surface area contributed by atoms with Gasteiger partial charge in [0.1, 0.15) is 0 Å². The molecule has 5 nitrogen and oxygen atoms in total. The Balaban J connectivity index is 0. The molecule has 0 aromatic carbocycles. The predicted octanol–water partition coefficient (Wildman–Crippen LogP) is -9.36. The van der Waals surface area contributed by atoms with E-state index < -0.39 is 23.5 Å². The van der Waals surface area contributed by atoms with Crippen LogP contribution in [0.4, 0.5) is 0 Å². The zero-order valence-electron chi connectivity index (χ0n) is 7.57. The van der Waals surface area contributed by atoms with Gasteiger partial charge in [0.2, 0.25) is 0 Å². The van der Waals surface area contributed by atoms with Crippen LogP contribution in [0.15, 0.2) is 0 Å². The number of aliphatic carboxylic acids is 2. The molecule has 0 radical (unpaired) electrons. The number of aliphatic hydroxyl groups is 1. The molecule has 62 valence electrons. The third-order valence-corrected chi connectivity index (χ3v) is 1.95. The van der Waals surface area contributed by atoms with E-state index >= 15 is 0 Å². The monoisotopic (exact) mass is 236 g/mol. The van der Waals surface area contributed by atoms with Crippen molar-refractivity contribution >= 4 is 11.9 Å². The fraction of sp³-hybridized carbons (Fsp3) is 0.667. The summed E-state index contributed by atoms with van der Waals surface area (Å²) in [6.45, 7) is 0. The standard InChI is InChI=1S/C6H8O5.2K/c7-3-1-6(2-3,4(8)9)5(10)11;;/h3,7H,1-2H2,(H,8,9)(H,10,11);;/q;2*+1/p-2. The first-order valence-corrected chi connectivity index (χ1v) is 3.10. The molecular weight excluding hydrogens is 230 g/mol. The van der Waals surface area contributed by atoms with Gasteiger partial charge in [0.25, 0.3) is 0 Å². The van der Waals surface area contributed by atoms with Gasteiger partial charge >= 0.3 is 103 Å². The molecule has 0 aromatic rings. The van der Waals surface area contributed by atoms with Gasteiger partial charge in [-0.3, -0.25) is 0 Å². The maximum Gasteiger partial charge on any atom is 1.00 e. The van der Waals surface area contributed by atoms with Crippen molar-refractivity contribution in [2.45, 2.75) is 18.9 Å². The first-order valence-electron chi connectivity index (χ1n) is 3.10. The van der Waals surface area contributed by atoms with Crippen molar-refractivity contribution in [2.24, 2.45) is 5.41 Å². The minimum absolute atomic E-state index is 0. The Morgan fingerprint density at radius 1 is 1.15 bits per heavy atom. The second-order valence-corrected chi connectivity index (χ2v) is 2.72. The van der Waals surface area contributed by atoms with Crippen LogP contribution in [0.25, 0.3) is 0 Å². The fourth-order valence-electron chi connectivity index (χ4n) is 1.16. The number of rotatable bonds is 2. The first kappa shape index (κ1) is 17.6. The number of aliphatic hydroxyl groups excluding tert-OH is 1. The van der Waals surface area contributed by atoms with Crippen molar-refractivity contribution in [3.8, 4) is 0 Å². The van der Waals surface area contributed by atoms with Crippen LogP contribution in [0.2, 0.25) is 0 Å². The van der Waals surface area contributed by atoms with Gasteiger partial charge in [-0.15, -0.1) is 0 Å². The van der Waals surface area contributed by atoms with Gasteiger partial charge in [0.05, 0.1) is 23.5 Å². The fourth-order valence-corrected chi connectivity index (χ4v) is 1.16. The van der Waals surface area contributed by atoms with E-state index in [-0.39, 0.29) is 116 Å². The summed E-state index contributed by atoms with van der Waals surface area (Å²) in [6, 6.07) is 0. The molecule has 0 bridgehead atoms. The van der Waals surface area contributed by atoms with E-state index in [1.165, 1.54) is 0 Å². The molecule has 1 fully saturated rings. The van der Waals surface area contributed by atoms with Gasteiger partial charge in [0, 0.05) is 0 Å². The average molecular weight is 236 g/mol. The summed E-state index contributed by atoms with van der Waals surface area (Å²) in [4.78, 5) is 20.5. The van der Waals surface area contributed by atoms with E-state index in [2.05, 4.69) is 0 Å². The van der Waals surface area contributed by atoms with Crippen LogP contribution in [0, 0.1) is 5.41 Å². The number of carbonyl (C=O) groups excluding carboxylic acids is 2. The van der Waals surface area contributed by atoms with E-state index in [1.807, 2.05) is 0 Å². The summed E-state index contributed by atoms with van der Waals surface area (Å²) in [5.74, 6) is -3.36. The second-order valence-electron chi connectivity index (χ2n) is 2.72. The van der Waals surface area contributed by atoms with Crippen LogP contribution < -0.4 is 113 Å². The summed E-state index contributed by atoms with van der Waals surface area (Å²) in [6.07, 6.45) is -1.47. The molecule has 0 aliphatic heterocycles. The van der Waals surface area contributed by atoms with Crippen molar-refractivity contribution in [1.82, 2.24) is 0 Å². The Hall–Kier alpha value is 2.17. The summed E-state index contributed by atoms with van der Waals surface area (Å²) in [7, 11) is 0. The predicted molar refractivity (Wildman–Crippen MR) is 27.7 cm³/mol. The largest absolute Gasteiger partial charge is 1.00 e. The Kier molecular flexibility index (Phi) is 9.04. The summed E-state index contributed by atoms with van der Waals surface area (Å²) >= 11 is 0. The summed E-state index contributed by atoms with van der Waals surface area (Å²) in [5.41, 5.74) is -1.95. The molecule has 1 aliphatic carbocycles. The van der Waals surface area contributed by atoms with Gasteiger partial charge in [0.15, 0.2) is 0 Å². The Morgan fingerprint density at radius 3 is 1.54 bits per heavy atom. The van der Waals surface area contributed by atoms with E-state index in [1.54, 1.807) is 0 Å². The molecule has 1 rings (SSSR count). The average Bonchev–Trinajstić information content (AvgIpc) is 1.78. The Labute approximate surface area is 160 Å². The van der Waals surface area contributed by atoms with Crippen LogP contribution in [-0.4, -0.2) is 23.1 Å². The zero-order chi connectivity index (χ0) is 8.65. The van der Waals surface area contributed by atoms with Gasteiger partial charge in [-0.1, -0.05) is 0 Å². The van der Waals surface area contributed by atoms with Crippen molar-refractivity contribution < 1.29 is 128 Å². The van der Waals surface area contributed by atoms with Crippen LogP contribution in [0.5, 0.6) is 0 Å². The number of carboxylic acid groups (broad SMARTS) is 2. The molecule has 0 aromatic heterocycles. The van der Waals surface area contributed by atoms with Gasteiger partial charge in [-0.25, -0.2) is 0 Å². The third kappa shape index (κ3) is 3.59.